The molecule has 0 radical (unpaired) electrons. The second-order valence-corrected chi connectivity index (χ2v) is 6.52. The van der Waals surface area contributed by atoms with Gasteiger partial charge < -0.3 is 29.6 Å². The lowest BCUT2D eigenvalue weighted by Crippen LogP contribution is -2.55. The molecule has 1 aromatic heterocycles. The highest BCUT2D eigenvalue weighted by molar-refractivity contribution is 14.0. The normalized spacial score (nSPS) is 19.9. The highest BCUT2D eigenvalue weighted by Gasteiger charge is 2.30. The summed E-state index contributed by atoms with van der Waals surface area (Å²) in [6.45, 7) is 4.45. The second kappa shape index (κ2) is 11.2. The molecule has 9 nitrogen and oxygen atoms in total. The van der Waals surface area contributed by atoms with Crippen LogP contribution in [0.4, 0.5) is 0 Å². The number of amides is 2. The molecule has 2 aliphatic heterocycles. The molecule has 0 bridgehead atoms. The van der Waals surface area contributed by atoms with Gasteiger partial charge in [0.1, 0.15) is 6.10 Å². The Morgan fingerprint density at radius 2 is 1.89 bits per heavy atom. The van der Waals surface area contributed by atoms with Gasteiger partial charge in [-0.3, -0.25) is 14.6 Å². The molecule has 2 saturated heterocycles. The average Bonchev–Trinajstić information content (AvgIpc) is 3.41. The number of halogens is 1. The molecule has 2 fully saturated rings. The number of furan rings is 1. The summed E-state index contributed by atoms with van der Waals surface area (Å²) < 4.78 is 10.5. The van der Waals surface area contributed by atoms with Crippen LogP contribution in [0.2, 0.25) is 0 Å². The van der Waals surface area contributed by atoms with Gasteiger partial charge in [-0.2, -0.15) is 0 Å². The van der Waals surface area contributed by atoms with Crippen molar-refractivity contribution in [2.45, 2.75) is 18.9 Å². The van der Waals surface area contributed by atoms with Crippen LogP contribution in [0.15, 0.2) is 27.8 Å². The van der Waals surface area contributed by atoms with Crippen molar-refractivity contribution in [3.63, 3.8) is 0 Å². The first-order chi connectivity index (χ1) is 13.2. The van der Waals surface area contributed by atoms with Crippen molar-refractivity contribution in [2.24, 2.45) is 4.99 Å². The molecular formula is C18H28IN5O4. The first-order valence-electron chi connectivity index (χ1n) is 9.36. The van der Waals surface area contributed by atoms with Crippen molar-refractivity contribution >= 4 is 41.8 Å². The Bertz CT molecular complexity index is 653. The lowest BCUT2D eigenvalue weighted by atomic mass is 10.2. The van der Waals surface area contributed by atoms with E-state index < -0.39 is 0 Å². The van der Waals surface area contributed by atoms with Crippen molar-refractivity contribution in [1.82, 2.24) is 20.4 Å². The van der Waals surface area contributed by atoms with E-state index in [1.807, 2.05) is 4.90 Å². The Kier molecular flexibility index (Phi) is 9.03. The van der Waals surface area contributed by atoms with Crippen LogP contribution in [0.1, 0.15) is 23.4 Å². The van der Waals surface area contributed by atoms with Crippen molar-refractivity contribution in [2.75, 3.05) is 52.9 Å². The fourth-order valence-corrected chi connectivity index (χ4v) is 3.29. The molecule has 1 aromatic rings. The van der Waals surface area contributed by atoms with E-state index in [0.717, 1.165) is 31.9 Å². The Hall–Kier alpha value is -1.82. The van der Waals surface area contributed by atoms with E-state index in [2.05, 4.69) is 20.5 Å². The van der Waals surface area contributed by atoms with Crippen LogP contribution < -0.4 is 10.6 Å². The average molecular weight is 505 g/mol. The number of piperazine rings is 1. The van der Waals surface area contributed by atoms with Gasteiger partial charge in [-0.15, -0.1) is 24.0 Å². The molecule has 28 heavy (non-hydrogen) atoms. The molecule has 0 saturated carbocycles. The SMILES string of the molecule is CN=C(NCCNC(=O)c1ccco1)N1CCN(C(=O)C2CCCO2)CC1.I. The summed E-state index contributed by atoms with van der Waals surface area (Å²) in [5.74, 6) is 0.937. The van der Waals surface area contributed by atoms with Gasteiger partial charge in [-0.25, -0.2) is 0 Å². The van der Waals surface area contributed by atoms with Crippen molar-refractivity contribution in [3.8, 4) is 0 Å². The monoisotopic (exact) mass is 505 g/mol. The van der Waals surface area contributed by atoms with Gasteiger partial charge in [0.25, 0.3) is 11.8 Å². The van der Waals surface area contributed by atoms with Crippen molar-refractivity contribution in [1.29, 1.82) is 0 Å². The van der Waals surface area contributed by atoms with E-state index in [0.29, 0.717) is 38.5 Å². The van der Waals surface area contributed by atoms with Crippen LogP contribution in [-0.2, 0) is 9.53 Å². The maximum absolute atomic E-state index is 12.4. The number of guanidine groups is 1. The third kappa shape index (κ3) is 5.84. The predicted octanol–water partition coefficient (Wildman–Crippen LogP) is 0.526. The zero-order chi connectivity index (χ0) is 19.1. The molecule has 0 aliphatic carbocycles. The summed E-state index contributed by atoms with van der Waals surface area (Å²) in [4.78, 5) is 32.5. The van der Waals surface area contributed by atoms with E-state index in [1.165, 1.54) is 6.26 Å². The summed E-state index contributed by atoms with van der Waals surface area (Å²) in [5.41, 5.74) is 0. The summed E-state index contributed by atoms with van der Waals surface area (Å²) in [5, 5.41) is 6.03. The number of ether oxygens (including phenoxy) is 1. The number of aliphatic imine (C=N–C) groups is 1. The van der Waals surface area contributed by atoms with Gasteiger partial charge in [0.15, 0.2) is 11.7 Å². The van der Waals surface area contributed by atoms with Crippen LogP contribution in [0.5, 0.6) is 0 Å². The quantitative estimate of drug-likeness (QED) is 0.262. The maximum Gasteiger partial charge on any atom is 0.287 e. The minimum atomic E-state index is -0.258. The molecule has 1 atom stereocenters. The standard InChI is InChI=1S/C18H27N5O4.HI/c1-19-18(21-7-6-20-16(24)14-4-2-12-26-14)23-10-8-22(9-11-23)17(25)15-5-3-13-27-15;/h2,4,12,15H,3,5-11,13H2,1H3,(H,19,21)(H,20,24);1H. The topological polar surface area (TPSA) is 99.4 Å². The van der Waals surface area contributed by atoms with Crippen LogP contribution in [0.3, 0.4) is 0 Å². The Labute approximate surface area is 181 Å². The number of hydrogen-bond acceptors (Lipinski definition) is 5. The van der Waals surface area contributed by atoms with Crippen LogP contribution >= 0.6 is 24.0 Å². The van der Waals surface area contributed by atoms with E-state index in [-0.39, 0.29) is 41.9 Å². The van der Waals surface area contributed by atoms with Crippen LogP contribution in [0, 0.1) is 0 Å². The minimum Gasteiger partial charge on any atom is -0.459 e. The first-order valence-corrected chi connectivity index (χ1v) is 9.36. The molecule has 156 valence electrons. The summed E-state index contributed by atoms with van der Waals surface area (Å²) >= 11 is 0. The van der Waals surface area contributed by atoms with E-state index >= 15 is 0 Å². The molecule has 3 rings (SSSR count). The van der Waals surface area contributed by atoms with E-state index in [9.17, 15) is 9.59 Å². The van der Waals surface area contributed by atoms with Crippen LogP contribution in [0.25, 0.3) is 0 Å². The van der Waals surface area contributed by atoms with E-state index in [1.54, 1.807) is 19.2 Å². The van der Waals surface area contributed by atoms with Gasteiger partial charge in [-0.1, -0.05) is 0 Å². The molecule has 2 N–H and O–H groups in total. The van der Waals surface area contributed by atoms with Crippen LogP contribution in [-0.4, -0.2) is 86.6 Å². The Morgan fingerprint density at radius 3 is 2.50 bits per heavy atom. The van der Waals surface area contributed by atoms with Gasteiger partial charge in [0.05, 0.1) is 6.26 Å². The smallest absolute Gasteiger partial charge is 0.287 e. The number of carbonyl (C=O) groups excluding carboxylic acids is 2. The lowest BCUT2D eigenvalue weighted by Gasteiger charge is -2.37. The Morgan fingerprint density at radius 1 is 1.18 bits per heavy atom. The van der Waals surface area contributed by atoms with Crippen molar-refractivity contribution < 1.29 is 18.7 Å². The summed E-state index contributed by atoms with van der Waals surface area (Å²) in [6, 6.07) is 3.30. The molecule has 1 unspecified atom stereocenters. The van der Waals surface area contributed by atoms with E-state index in [4.69, 9.17) is 9.15 Å². The maximum atomic E-state index is 12.4. The van der Waals surface area contributed by atoms with Gasteiger partial charge >= 0.3 is 0 Å². The summed E-state index contributed by atoms with van der Waals surface area (Å²) in [6.07, 6.45) is 3.00. The van der Waals surface area contributed by atoms with Gasteiger partial charge in [0.2, 0.25) is 0 Å². The molecule has 2 amide bonds. The zero-order valence-electron chi connectivity index (χ0n) is 16.1. The minimum absolute atomic E-state index is 0. The highest BCUT2D eigenvalue weighted by Crippen LogP contribution is 2.16. The third-order valence-corrected chi connectivity index (χ3v) is 4.75. The fraction of sp³-hybridized carbons (Fsp3) is 0.611. The number of hydrogen-bond donors (Lipinski definition) is 2. The molecule has 10 heteroatoms. The molecule has 0 aromatic carbocycles. The third-order valence-electron chi connectivity index (χ3n) is 4.75. The molecule has 0 spiro atoms. The molecular weight excluding hydrogens is 477 g/mol. The second-order valence-electron chi connectivity index (χ2n) is 6.52. The summed E-state index contributed by atoms with van der Waals surface area (Å²) in [7, 11) is 1.73. The number of nitrogens with one attached hydrogen (secondary N) is 2. The first kappa shape index (κ1) is 22.5. The lowest BCUT2D eigenvalue weighted by molar-refractivity contribution is -0.142. The number of rotatable bonds is 5. The highest BCUT2D eigenvalue weighted by atomic mass is 127. The number of nitrogens with zero attached hydrogens (tertiary/aromatic N) is 3. The largest absolute Gasteiger partial charge is 0.459 e. The van der Waals surface area contributed by atoms with Gasteiger partial charge in [0, 0.05) is 52.9 Å². The van der Waals surface area contributed by atoms with Crippen molar-refractivity contribution in [3.05, 3.63) is 24.2 Å². The predicted molar refractivity (Wildman–Crippen MR) is 115 cm³/mol. The van der Waals surface area contributed by atoms with Gasteiger partial charge in [-0.05, 0) is 25.0 Å². The fourth-order valence-electron chi connectivity index (χ4n) is 3.29. The zero-order valence-corrected chi connectivity index (χ0v) is 18.4. The Balaban J connectivity index is 0.00000280. The number of carbonyl (C=O) groups is 2. The molecule has 2 aliphatic rings. The molecule has 3 heterocycles.